The number of rotatable bonds is 5. The molecule has 1 aliphatic rings. The van der Waals surface area contributed by atoms with Crippen LogP contribution in [-0.4, -0.2) is 36.3 Å². The lowest BCUT2D eigenvalue weighted by molar-refractivity contribution is 0.0255. The zero-order valence-corrected chi connectivity index (χ0v) is 15.5. The monoisotopic (exact) mass is 419 g/mol. The van der Waals surface area contributed by atoms with Gasteiger partial charge in [0.2, 0.25) is 0 Å². The first-order valence-electron chi connectivity index (χ1n) is 8.21. The van der Waals surface area contributed by atoms with E-state index < -0.39 is 5.97 Å². The van der Waals surface area contributed by atoms with Crippen LogP contribution in [-0.2, 0) is 4.74 Å². The van der Waals surface area contributed by atoms with Gasteiger partial charge in [0.1, 0.15) is 11.9 Å². The van der Waals surface area contributed by atoms with Crippen molar-refractivity contribution in [3.63, 3.8) is 0 Å². The van der Waals surface area contributed by atoms with Crippen LogP contribution in [0.15, 0.2) is 46.9 Å². The Morgan fingerprint density at radius 3 is 2.46 bits per heavy atom. The maximum Gasteiger partial charge on any atom is 0.337 e. The lowest BCUT2D eigenvalue weighted by Gasteiger charge is -2.23. The summed E-state index contributed by atoms with van der Waals surface area (Å²) in [4.78, 5) is 23.7. The zero-order chi connectivity index (χ0) is 18.5. The molecule has 0 aliphatic carbocycles. The van der Waals surface area contributed by atoms with Crippen molar-refractivity contribution in [2.24, 2.45) is 0 Å². The predicted molar refractivity (Wildman–Crippen MR) is 100.0 cm³/mol. The molecule has 1 amide bonds. The Labute approximate surface area is 159 Å². The van der Waals surface area contributed by atoms with Gasteiger partial charge in [0.25, 0.3) is 5.91 Å². The van der Waals surface area contributed by atoms with Crippen LogP contribution < -0.4 is 10.1 Å². The number of hydrogen-bond donors (Lipinski definition) is 2. The van der Waals surface area contributed by atoms with Gasteiger partial charge in [-0.05, 0) is 42.5 Å². The maximum atomic E-state index is 12.4. The number of aromatic carboxylic acids is 1. The first-order valence-corrected chi connectivity index (χ1v) is 9.01. The third kappa shape index (κ3) is 4.62. The summed E-state index contributed by atoms with van der Waals surface area (Å²) in [6.45, 7) is 1.40. The molecular weight excluding hydrogens is 402 g/mol. The maximum absolute atomic E-state index is 12.4. The molecular formula is C19H18BrNO5. The van der Waals surface area contributed by atoms with Gasteiger partial charge >= 0.3 is 5.97 Å². The molecule has 7 heteroatoms. The summed E-state index contributed by atoms with van der Waals surface area (Å²) in [5.41, 5.74) is 0.684. The number of benzene rings is 2. The highest BCUT2D eigenvalue weighted by Crippen LogP contribution is 2.23. The molecule has 0 saturated carbocycles. The van der Waals surface area contributed by atoms with Gasteiger partial charge < -0.3 is 19.9 Å². The molecule has 6 nitrogen and oxygen atoms in total. The second-order valence-electron chi connectivity index (χ2n) is 5.90. The van der Waals surface area contributed by atoms with Crippen molar-refractivity contribution in [1.82, 2.24) is 0 Å². The fourth-order valence-corrected chi connectivity index (χ4v) is 3.03. The summed E-state index contributed by atoms with van der Waals surface area (Å²) < 4.78 is 11.8. The normalized spacial score (nSPS) is 14.7. The molecule has 136 valence electrons. The summed E-state index contributed by atoms with van der Waals surface area (Å²) in [7, 11) is 0. The van der Waals surface area contributed by atoms with Gasteiger partial charge in [0.15, 0.2) is 0 Å². The lowest BCUT2D eigenvalue weighted by atomic mass is 10.1. The van der Waals surface area contributed by atoms with Crippen LogP contribution in [0.25, 0.3) is 0 Å². The highest BCUT2D eigenvalue weighted by molar-refractivity contribution is 9.10. The molecule has 26 heavy (non-hydrogen) atoms. The van der Waals surface area contributed by atoms with E-state index in [0.29, 0.717) is 29.0 Å². The van der Waals surface area contributed by atoms with Gasteiger partial charge in [0, 0.05) is 22.9 Å². The lowest BCUT2D eigenvalue weighted by Crippen LogP contribution is -2.25. The molecule has 1 saturated heterocycles. The minimum Gasteiger partial charge on any atom is -0.490 e. The predicted octanol–water partition coefficient (Wildman–Crippen LogP) is 3.96. The molecule has 0 bridgehead atoms. The molecule has 1 fully saturated rings. The quantitative estimate of drug-likeness (QED) is 0.765. The van der Waals surface area contributed by atoms with Crippen LogP contribution in [0.4, 0.5) is 5.69 Å². The molecule has 0 aromatic heterocycles. The Hall–Kier alpha value is -2.38. The van der Waals surface area contributed by atoms with Gasteiger partial charge in [0.05, 0.1) is 24.5 Å². The fourth-order valence-electron chi connectivity index (χ4n) is 2.67. The first-order chi connectivity index (χ1) is 12.5. The van der Waals surface area contributed by atoms with E-state index in [1.165, 1.54) is 6.07 Å². The Morgan fingerprint density at radius 1 is 1.12 bits per heavy atom. The van der Waals surface area contributed by atoms with Crippen molar-refractivity contribution in [2.75, 3.05) is 18.5 Å². The largest absolute Gasteiger partial charge is 0.490 e. The molecule has 2 N–H and O–H groups in total. The molecule has 0 radical (unpaired) electrons. The number of carboxylic acid groups (broad SMARTS) is 1. The molecule has 2 aromatic carbocycles. The van der Waals surface area contributed by atoms with Crippen LogP contribution in [0.3, 0.4) is 0 Å². The summed E-state index contributed by atoms with van der Waals surface area (Å²) >= 11 is 3.23. The second kappa shape index (κ2) is 8.33. The Bertz CT molecular complexity index is 800. The highest BCUT2D eigenvalue weighted by Gasteiger charge is 2.16. The number of carbonyl (C=O) groups excluding carboxylic acids is 1. The van der Waals surface area contributed by atoms with E-state index in [2.05, 4.69) is 21.2 Å². The van der Waals surface area contributed by atoms with Crippen molar-refractivity contribution in [2.45, 2.75) is 18.9 Å². The van der Waals surface area contributed by atoms with Crippen molar-refractivity contribution < 1.29 is 24.2 Å². The number of amides is 1. The third-order valence-electron chi connectivity index (χ3n) is 4.05. The van der Waals surface area contributed by atoms with E-state index in [1.54, 1.807) is 36.4 Å². The molecule has 0 spiro atoms. The van der Waals surface area contributed by atoms with E-state index in [1.807, 2.05) is 0 Å². The van der Waals surface area contributed by atoms with Gasteiger partial charge in [-0.1, -0.05) is 15.9 Å². The summed E-state index contributed by atoms with van der Waals surface area (Å²) in [5.74, 6) is -0.794. The fraction of sp³-hybridized carbons (Fsp3) is 0.263. The van der Waals surface area contributed by atoms with Gasteiger partial charge in [-0.15, -0.1) is 0 Å². The van der Waals surface area contributed by atoms with E-state index in [-0.39, 0.29) is 23.3 Å². The minimum atomic E-state index is -1.11. The SMILES string of the molecule is O=C(Nc1ccc(Br)cc1C(=O)O)c1ccc(OC2CCOCC2)cc1. The molecule has 1 heterocycles. The summed E-state index contributed by atoms with van der Waals surface area (Å²) in [6, 6.07) is 11.5. The van der Waals surface area contributed by atoms with E-state index in [4.69, 9.17) is 9.47 Å². The van der Waals surface area contributed by atoms with Crippen LogP contribution in [0, 0.1) is 0 Å². The number of halogens is 1. The van der Waals surface area contributed by atoms with Gasteiger partial charge in [-0.2, -0.15) is 0 Å². The second-order valence-corrected chi connectivity index (χ2v) is 6.82. The Balaban J connectivity index is 1.67. The smallest absolute Gasteiger partial charge is 0.337 e. The van der Waals surface area contributed by atoms with E-state index in [9.17, 15) is 14.7 Å². The molecule has 1 aliphatic heterocycles. The van der Waals surface area contributed by atoms with Crippen LogP contribution in [0.1, 0.15) is 33.6 Å². The molecule has 3 rings (SSSR count). The number of carbonyl (C=O) groups is 2. The van der Waals surface area contributed by atoms with Crippen molar-refractivity contribution >= 4 is 33.5 Å². The Morgan fingerprint density at radius 2 is 1.81 bits per heavy atom. The summed E-state index contributed by atoms with van der Waals surface area (Å²) in [6.07, 6.45) is 1.83. The number of ether oxygens (including phenoxy) is 2. The average molecular weight is 420 g/mol. The molecule has 0 unspecified atom stereocenters. The summed E-state index contributed by atoms with van der Waals surface area (Å²) in [5, 5.41) is 11.9. The Kier molecular flexibility index (Phi) is 5.90. The van der Waals surface area contributed by atoms with E-state index >= 15 is 0 Å². The number of anilines is 1. The number of nitrogens with one attached hydrogen (secondary N) is 1. The first kappa shape index (κ1) is 18.4. The van der Waals surface area contributed by atoms with Crippen molar-refractivity contribution in [3.8, 4) is 5.75 Å². The number of hydrogen-bond acceptors (Lipinski definition) is 4. The van der Waals surface area contributed by atoms with Gasteiger partial charge in [-0.3, -0.25) is 4.79 Å². The van der Waals surface area contributed by atoms with Gasteiger partial charge in [-0.25, -0.2) is 4.79 Å². The van der Waals surface area contributed by atoms with Crippen molar-refractivity contribution in [1.29, 1.82) is 0 Å². The van der Waals surface area contributed by atoms with Crippen LogP contribution in [0.2, 0.25) is 0 Å². The standard InChI is InChI=1S/C19H18BrNO5/c20-13-3-6-17(16(11-13)19(23)24)21-18(22)12-1-4-14(5-2-12)26-15-7-9-25-10-8-15/h1-6,11,15H,7-10H2,(H,21,22)(H,23,24). The average Bonchev–Trinajstić information content (AvgIpc) is 2.64. The number of carboxylic acids is 1. The molecule has 2 aromatic rings. The van der Waals surface area contributed by atoms with Crippen LogP contribution in [0.5, 0.6) is 5.75 Å². The topological polar surface area (TPSA) is 84.9 Å². The third-order valence-corrected chi connectivity index (χ3v) is 4.54. The van der Waals surface area contributed by atoms with E-state index in [0.717, 1.165) is 12.8 Å². The minimum absolute atomic E-state index is 0.0206. The highest BCUT2D eigenvalue weighted by atomic mass is 79.9. The zero-order valence-electron chi connectivity index (χ0n) is 13.9. The molecule has 0 atom stereocenters. The van der Waals surface area contributed by atoms with Crippen molar-refractivity contribution in [3.05, 3.63) is 58.1 Å². The van der Waals surface area contributed by atoms with Crippen LogP contribution >= 0.6 is 15.9 Å².